The molecule has 0 unspecified atom stereocenters. The Bertz CT molecular complexity index is 1040. The molecule has 2 aromatic carbocycles. The molecule has 152 valence electrons. The Morgan fingerprint density at radius 2 is 2.00 bits per heavy atom. The number of aryl methyl sites for hydroxylation is 2. The lowest BCUT2D eigenvalue weighted by molar-refractivity contribution is -0.130. The van der Waals surface area contributed by atoms with Crippen molar-refractivity contribution in [1.29, 1.82) is 0 Å². The van der Waals surface area contributed by atoms with Crippen molar-refractivity contribution < 1.29 is 9.53 Å². The lowest BCUT2D eigenvalue weighted by atomic mass is 10.1. The van der Waals surface area contributed by atoms with E-state index in [0.717, 1.165) is 28.3 Å². The molecule has 0 aliphatic rings. The molecule has 29 heavy (non-hydrogen) atoms. The summed E-state index contributed by atoms with van der Waals surface area (Å²) in [6, 6.07) is 15.9. The Balaban J connectivity index is 1.56. The third kappa shape index (κ3) is 5.32. The van der Waals surface area contributed by atoms with Gasteiger partial charge in [0.2, 0.25) is 5.91 Å². The van der Waals surface area contributed by atoms with Gasteiger partial charge in [-0.2, -0.15) is 5.10 Å². The van der Waals surface area contributed by atoms with Crippen LogP contribution in [0.3, 0.4) is 0 Å². The zero-order chi connectivity index (χ0) is 20.8. The molecule has 7 heteroatoms. The maximum atomic E-state index is 12.6. The molecular formula is C22H26N4O2S. The monoisotopic (exact) mass is 410 g/mol. The molecule has 0 aliphatic heterocycles. The van der Waals surface area contributed by atoms with Crippen molar-refractivity contribution in [2.75, 3.05) is 20.2 Å². The van der Waals surface area contributed by atoms with E-state index in [1.165, 1.54) is 0 Å². The number of hydrogen-bond donors (Lipinski definition) is 1. The maximum absolute atomic E-state index is 12.6. The van der Waals surface area contributed by atoms with Crippen LogP contribution in [0.4, 0.5) is 0 Å². The van der Waals surface area contributed by atoms with E-state index in [-0.39, 0.29) is 5.91 Å². The van der Waals surface area contributed by atoms with Crippen LogP contribution < -0.4 is 4.74 Å². The number of carbonyl (C=O) groups excluding carboxylic acids is 1. The van der Waals surface area contributed by atoms with Crippen molar-refractivity contribution in [2.24, 2.45) is 0 Å². The molecule has 1 heterocycles. The van der Waals surface area contributed by atoms with Crippen molar-refractivity contribution >= 4 is 18.1 Å². The number of para-hydroxylation sites is 1. The number of ether oxygens (including phenoxy) is 1. The van der Waals surface area contributed by atoms with E-state index in [1.807, 2.05) is 60.9 Å². The normalized spacial score (nSPS) is 10.7. The summed E-state index contributed by atoms with van der Waals surface area (Å²) < 4.78 is 8.17. The first-order valence-electron chi connectivity index (χ1n) is 9.60. The highest BCUT2D eigenvalue weighted by molar-refractivity contribution is 7.71. The summed E-state index contributed by atoms with van der Waals surface area (Å²) in [5.74, 6) is 1.63. The minimum absolute atomic E-state index is 0.0386. The van der Waals surface area contributed by atoms with Gasteiger partial charge >= 0.3 is 0 Å². The highest BCUT2D eigenvalue weighted by Crippen LogP contribution is 2.19. The summed E-state index contributed by atoms with van der Waals surface area (Å²) in [6.45, 7) is 5.49. The lowest BCUT2D eigenvalue weighted by Crippen LogP contribution is -2.31. The molecule has 0 saturated heterocycles. The van der Waals surface area contributed by atoms with Crippen LogP contribution in [-0.2, 0) is 11.3 Å². The van der Waals surface area contributed by atoms with Gasteiger partial charge in [0, 0.05) is 25.6 Å². The predicted octanol–water partition coefficient (Wildman–Crippen LogP) is 4.15. The first-order valence-corrected chi connectivity index (χ1v) is 10.0. The minimum atomic E-state index is 0.0386. The van der Waals surface area contributed by atoms with Crippen molar-refractivity contribution in [1.82, 2.24) is 19.7 Å². The third-order valence-corrected chi connectivity index (χ3v) is 5.10. The first kappa shape index (κ1) is 20.8. The van der Waals surface area contributed by atoms with Crippen LogP contribution in [0, 0.1) is 18.6 Å². The number of likely N-dealkylation sites (N-methyl/N-ethyl adjacent to an activating group) is 1. The van der Waals surface area contributed by atoms with Gasteiger partial charge in [0.25, 0.3) is 0 Å². The standard InChI is InChI=1S/C22H26N4O2S/c1-16-7-6-9-18(15-16)21-23-24-22(29)26(21)12-11-20(27)25(3)13-14-28-19-10-5-4-8-17(19)2/h4-10,15H,11-14H2,1-3H3,(H,24,29). The van der Waals surface area contributed by atoms with Gasteiger partial charge in [0.1, 0.15) is 12.4 Å². The number of amides is 1. The third-order valence-electron chi connectivity index (χ3n) is 4.79. The number of carbonyl (C=O) groups is 1. The average molecular weight is 411 g/mol. The topological polar surface area (TPSA) is 63.2 Å². The van der Waals surface area contributed by atoms with Gasteiger partial charge in [-0.25, -0.2) is 0 Å². The van der Waals surface area contributed by atoms with Crippen molar-refractivity contribution in [3.05, 3.63) is 64.4 Å². The highest BCUT2D eigenvalue weighted by atomic mass is 32.1. The number of rotatable bonds is 8. The smallest absolute Gasteiger partial charge is 0.224 e. The Morgan fingerprint density at radius 1 is 1.21 bits per heavy atom. The summed E-state index contributed by atoms with van der Waals surface area (Å²) in [5.41, 5.74) is 3.21. The van der Waals surface area contributed by atoms with Crippen LogP contribution in [0.5, 0.6) is 5.75 Å². The summed E-state index contributed by atoms with van der Waals surface area (Å²) >= 11 is 5.36. The first-order chi connectivity index (χ1) is 14.0. The summed E-state index contributed by atoms with van der Waals surface area (Å²) in [4.78, 5) is 14.2. The summed E-state index contributed by atoms with van der Waals surface area (Å²) in [5, 5.41) is 7.18. The van der Waals surface area contributed by atoms with Crippen LogP contribution in [0.15, 0.2) is 48.5 Å². The lowest BCUT2D eigenvalue weighted by Gasteiger charge is -2.18. The van der Waals surface area contributed by atoms with Crippen LogP contribution in [0.2, 0.25) is 0 Å². The molecule has 0 saturated carbocycles. The van der Waals surface area contributed by atoms with Gasteiger partial charge < -0.3 is 9.64 Å². The second-order valence-electron chi connectivity index (χ2n) is 7.05. The van der Waals surface area contributed by atoms with Gasteiger partial charge in [-0.15, -0.1) is 0 Å². The summed E-state index contributed by atoms with van der Waals surface area (Å²) in [6.07, 6.45) is 0.341. The van der Waals surface area contributed by atoms with Crippen molar-refractivity contribution in [2.45, 2.75) is 26.8 Å². The molecule has 1 N–H and O–H groups in total. The molecule has 3 aromatic rings. The van der Waals surface area contributed by atoms with Gasteiger partial charge in [-0.1, -0.05) is 42.0 Å². The van der Waals surface area contributed by atoms with Gasteiger partial charge in [0.05, 0.1) is 6.54 Å². The fourth-order valence-corrected chi connectivity index (χ4v) is 3.29. The summed E-state index contributed by atoms with van der Waals surface area (Å²) in [7, 11) is 1.79. The van der Waals surface area contributed by atoms with Crippen molar-refractivity contribution in [3.63, 3.8) is 0 Å². The zero-order valence-electron chi connectivity index (χ0n) is 17.0. The van der Waals surface area contributed by atoms with E-state index < -0.39 is 0 Å². The van der Waals surface area contributed by atoms with E-state index in [9.17, 15) is 4.79 Å². The number of aromatic amines is 1. The molecule has 0 aliphatic carbocycles. The number of H-pyrrole nitrogens is 1. The van der Waals surface area contributed by atoms with E-state index in [2.05, 4.69) is 16.3 Å². The van der Waals surface area contributed by atoms with Crippen molar-refractivity contribution in [3.8, 4) is 17.1 Å². The SMILES string of the molecule is Cc1cccc(-c2n[nH]c(=S)n2CCC(=O)N(C)CCOc2ccccc2C)c1. The molecule has 1 aromatic heterocycles. The Kier molecular flexibility index (Phi) is 6.82. The van der Waals surface area contributed by atoms with Crippen LogP contribution >= 0.6 is 12.2 Å². The fourth-order valence-electron chi connectivity index (χ4n) is 3.06. The van der Waals surface area contributed by atoms with Gasteiger partial charge in [-0.05, 0) is 43.8 Å². The molecular weight excluding hydrogens is 384 g/mol. The Hall–Kier alpha value is -2.93. The number of nitrogens with one attached hydrogen (secondary N) is 1. The molecule has 3 rings (SSSR count). The Morgan fingerprint density at radius 3 is 2.76 bits per heavy atom. The van der Waals surface area contributed by atoms with Crippen LogP contribution in [-0.4, -0.2) is 45.8 Å². The van der Waals surface area contributed by atoms with E-state index >= 15 is 0 Å². The maximum Gasteiger partial charge on any atom is 0.224 e. The zero-order valence-corrected chi connectivity index (χ0v) is 17.8. The molecule has 1 amide bonds. The van der Waals surface area contributed by atoms with Crippen LogP contribution in [0.25, 0.3) is 11.4 Å². The van der Waals surface area contributed by atoms with Gasteiger partial charge in [0.15, 0.2) is 10.6 Å². The molecule has 0 radical (unpaired) electrons. The molecule has 0 bridgehead atoms. The number of nitrogens with zero attached hydrogens (tertiary/aromatic N) is 3. The van der Waals surface area contributed by atoms with Crippen LogP contribution in [0.1, 0.15) is 17.5 Å². The average Bonchev–Trinajstić information content (AvgIpc) is 3.08. The highest BCUT2D eigenvalue weighted by Gasteiger charge is 2.13. The van der Waals surface area contributed by atoms with E-state index in [0.29, 0.717) is 30.9 Å². The quantitative estimate of drug-likeness (QED) is 0.567. The number of aromatic nitrogens is 3. The predicted molar refractivity (Wildman–Crippen MR) is 117 cm³/mol. The number of benzene rings is 2. The number of hydrogen-bond acceptors (Lipinski definition) is 4. The minimum Gasteiger partial charge on any atom is -0.491 e. The van der Waals surface area contributed by atoms with E-state index in [1.54, 1.807) is 11.9 Å². The molecule has 0 atom stereocenters. The second-order valence-corrected chi connectivity index (χ2v) is 7.44. The van der Waals surface area contributed by atoms with Gasteiger partial charge in [-0.3, -0.25) is 14.5 Å². The second kappa shape index (κ2) is 9.52. The molecule has 0 spiro atoms. The fraction of sp³-hybridized carbons (Fsp3) is 0.318. The largest absolute Gasteiger partial charge is 0.491 e. The molecule has 6 nitrogen and oxygen atoms in total. The van der Waals surface area contributed by atoms with E-state index in [4.69, 9.17) is 17.0 Å². The Labute approximate surface area is 176 Å². The molecule has 0 fully saturated rings.